The molecule has 0 spiro atoms. The van der Waals surface area contributed by atoms with Crippen molar-refractivity contribution in [2.24, 2.45) is 0 Å². The van der Waals surface area contributed by atoms with Crippen LogP contribution in [0.25, 0.3) is 0 Å². The van der Waals surface area contributed by atoms with Crippen LogP contribution >= 0.6 is 0 Å². The van der Waals surface area contributed by atoms with Crippen molar-refractivity contribution in [3.63, 3.8) is 0 Å². The normalized spacial score (nSPS) is 12.1. The number of nitrogens with one attached hydrogen (secondary N) is 2. The number of hydrogen-bond acceptors (Lipinski definition) is 3. The fraction of sp³-hybridized carbons (Fsp3) is 0.429. The molecule has 2 rings (SSSR count). The number of imidazole rings is 1. The van der Waals surface area contributed by atoms with Crippen molar-refractivity contribution in [3.05, 3.63) is 42.4 Å². The Hall–Kier alpha value is -2.24. The summed E-state index contributed by atoms with van der Waals surface area (Å²) in [5.41, 5.74) is 0. The summed E-state index contributed by atoms with van der Waals surface area (Å²) in [7, 11) is 0. The van der Waals surface area contributed by atoms with Crippen molar-refractivity contribution in [1.29, 1.82) is 0 Å². The van der Waals surface area contributed by atoms with Crippen LogP contribution < -0.4 is 10.6 Å². The van der Waals surface area contributed by atoms with E-state index in [9.17, 15) is 4.79 Å². The highest BCUT2D eigenvalue weighted by Crippen LogP contribution is 2.15. The fourth-order valence-corrected chi connectivity index (χ4v) is 1.89. The molecule has 6 nitrogen and oxygen atoms in total. The van der Waals surface area contributed by atoms with Gasteiger partial charge in [-0.25, -0.2) is 9.78 Å². The smallest absolute Gasteiger partial charge is 0.315 e. The second-order valence-corrected chi connectivity index (χ2v) is 4.72. The summed E-state index contributed by atoms with van der Waals surface area (Å²) in [6, 6.07) is 3.44. The highest BCUT2D eigenvalue weighted by atomic mass is 16.3. The lowest BCUT2D eigenvalue weighted by molar-refractivity contribution is 0.235. The summed E-state index contributed by atoms with van der Waals surface area (Å²) in [4.78, 5) is 15.7. The lowest BCUT2D eigenvalue weighted by Crippen LogP contribution is -2.37. The first-order valence-corrected chi connectivity index (χ1v) is 6.71. The number of rotatable bonds is 6. The molecule has 1 atom stereocenters. The zero-order chi connectivity index (χ0) is 14.4. The van der Waals surface area contributed by atoms with Crippen LogP contribution in [0.2, 0.25) is 0 Å². The molecular weight excluding hydrogens is 256 g/mol. The average molecular weight is 276 g/mol. The van der Waals surface area contributed by atoms with Gasteiger partial charge in [0, 0.05) is 25.5 Å². The van der Waals surface area contributed by atoms with E-state index in [1.165, 1.54) is 0 Å². The Morgan fingerprint density at radius 3 is 3.00 bits per heavy atom. The summed E-state index contributed by atoms with van der Waals surface area (Å²) < 4.78 is 7.45. The number of hydrogen-bond donors (Lipinski definition) is 2. The molecule has 0 saturated heterocycles. The van der Waals surface area contributed by atoms with E-state index in [-0.39, 0.29) is 12.1 Å². The van der Waals surface area contributed by atoms with Gasteiger partial charge < -0.3 is 19.6 Å². The Balaban J connectivity index is 1.65. The van der Waals surface area contributed by atoms with E-state index < -0.39 is 0 Å². The van der Waals surface area contributed by atoms with Gasteiger partial charge in [-0.2, -0.15) is 0 Å². The molecule has 0 bridgehead atoms. The third kappa shape index (κ3) is 4.15. The highest BCUT2D eigenvalue weighted by Gasteiger charge is 2.11. The topological polar surface area (TPSA) is 72.1 Å². The van der Waals surface area contributed by atoms with Crippen LogP contribution in [0.15, 0.2) is 35.3 Å². The quantitative estimate of drug-likeness (QED) is 0.795. The molecule has 0 unspecified atom stereocenters. The van der Waals surface area contributed by atoms with Gasteiger partial charge in [-0.15, -0.1) is 0 Å². The summed E-state index contributed by atoms with van der Waals surface area (Å²) in [6.45, 7) is 5.23. The van der Waals surface area contributed by atoms with Gasteiger partial charge in [0.25, 0.3) is 0 Å². The van der Waals surface area contributed by atoms with Crippen LogP contribution in [0, 0.1) is 6.92 Å². The van der Waals surface area contributed by atoms with Gasteiger partial charge in [0.2, 0.25) is 0 Å². The molecule has 0 radical (unpaired) electrons. The monoisotopic (exact) mass is 276 g/mol. The molecule has 2 amide bonds. The van der Waals surface area contributed by atoms with E-state index in [1.807, 2.05) is 36.7 Å². The molecular formula is C14H20N4O2. The maximum atomic E-state index is 11.7. The van der Waals surface area contributed by atoms with E-state index in [0.29, 0.717) is 6.54 Å². The van der Waals surface area contributed by atoms with Crippen LogP contribution in [0.5, 0.6) is 0 Å². The molecule has 0 fully saturated rings. The number of nitrogens with zero attached hydrogens (tertiary/aromatic N) is 2. The maximum Gasteiger partial charge on any atom is 0.315 e. The fourth-order valence-electron chi connectivity index (χ4n) is 1.89. The minimum Gasteiger partial charge on any atom is -0.464 e. The number of carbonyl (C=O) groups excluding carboxylic acids is 1. The Morgan fingerprint density at radius 1 is 1.50 bits per heavy atom. The van der Waals surface area contributed by atoms with Gasteiger partial charge in [0.15, 0.2) is 0 Å². The number of carbonyl (C=O) groups is 1. The summed E-state index contributed by atoms with van der Waals surface area (Å²) in [5.74, 6) is 1.60. The van der Waals surface area contributed by atoms with Crippen molar-refractivity contribution in [2.45, 2.75) is 32.9 Å². The molecule has 0 aliphatic carbocycles. The standard InChI is InChI=1S/C14H20N4O2/c1-11-4-5-13(20-11)12(2)17-14(19)16-6-3-8-18-9-7-15-10-18/h4-5,7,9-10,12H,3,6,8H2,1-2H3,(H2,16,17,19)/t12-/m1/s1. The predicted molar refractivity (Wildman–Crippen MR) is 75.2 cm³/mol. The van der Waals surface area contributed by atoms with Gasteiger partial charge in [-0.3, -0.25) is 0 Å². The Bertz CT molecular complexity index is 533. The third-order valence-corrected chi connectivity index (χ3v) is 2.97. The SMILES string of the molecule is Cc1ccc([C@@H](C)NC(=O)NCCCn2ccnc2)o1. The van der Waals surface area contributed by atoms with E-state index in [4.69, 9.17) is 4.42 Å². The van der Waals surface area contributed by atoms with Crippen LogP contribution in [0.1, 0.15) is 30.9 Å². The zero-order valence-electron chi connectivity index (χ0n) is 11.8. The Morgan fingerprint density at radius 2 is 2.35 bits per heavy atom. The van der Waals surface area contributed by atoms with Crippen LogP contribution in [0.3, 0.4) is 0 Å². The van der Waals surface area contributed by atoms with Crippen molar-refractivity contribution >= 4 is 6.03 Å². The van der Waals surface area contributed by atoms with Gasteiger partial charge >= 0.3 is 6.03 Å². The molecule has 2 heterocycles. The van der Waals surface area contributed by atoms with Crippen molar-refractivity contribution in [1.82, 2.24) is 20.2 Å². The lowest BCUT2D eigenvalue weighted by Gasteiger charge is -2.12. The number of aromatic nitrogens is 2. The molecule has 0 aliphatic rings. The summed E-state index contributed by atoms with van der Waals surface area (Å²) >= 11 is 0. The minimum atomic E-state index is -0.183. The minimum absolute atomic E-state index is 0.141. The second kappa shape index (κ2) is 6.79. The molecule has 0 aliphatic heterocycles. The third-order valence-electron chi connectivity index (χ3n) is 2.97. The predicted octanol–water partition coefficient (Wildman–Crippen LogP) is 2.24. The van der Waals surface area contributed by atoms with Crippen LogP contribution in [0.4, 0.5) is 4.79 Å². The molecule has 2 aromatic heterocycles. The second-order valence-electron chi connectivity index (χ2n) is 4.72. The van der Waals surface area contributed by atoms with E-state index in [1.54, 1.807) is 12.5 Å². The van der Waals surface area contributed by atoms with Gasteiger partial charge in [0.05, 0.1) is 12.4 Å². The van der Waals surface area contributed by atoms with Crippen molar-refractivity contribution < 1.29 is 9.21 Å². The number of urea groups is 1. The van der Waals surface area contributed by atoms with Gasteiger partial charge in [0.1, 0.15) is 11.5 Å². The Kier molecular flexibility index (Phi) is 4.81. The van der Waals surface area contributed by atoms with E-state index in [2.05, 4.69) is 15.6 Å². The van der Waals surface area contributed by atoms with Crippen molar-refractivity contribution in [2.75, 3.05) is 6.54 Å². The van der Waals surface area contributed by atoms with Crippen molar-refractivity contribution in [3.8, 4) is 0 Å². The first-order chi connectivity index (χ1) is 9.65. The maximum absolute atomic E-state index is 11.7. The molecule has 20 heavy (non-hydrogen) atoms. The molecule has 2 N–H and O–H groups in total. The first kappa shape index (κ1) is 14.2. The summed E-state index contributed by atoms with van der Waals surface area (Å²) in [5, 5.41) is 5.67. The number of amides is 2. The molecule has 6 heteroatoms. The van der Waals surface area contributed by atoms with Crippen LogP contribution in [-0.2, 0) is 6.54 Å². The number of aryl methyl sites for hydroxylation is 2. The number of furan rings is 1. The van der Waals surface area contributed by atoms with E-state index in [0.717, 1.165) is 24.5 Å². The van der Waals surface area contributed by atoms with Crippen LogP contribution in [-0.4, -0.2) is 22.1 Å². The zero-order valence-corrected chi connectivity index (χ0v) is 11.8. The molecule has 0 aromatic carbocycles. The largest absolute Gasteiger partial charge is 0.464 e. The highest BCUT2D eigenvalue weighted by molar-refractivity contribution is 5.74. The lowest BCUT2D eigenvalue weighted by atomic mass is 10.2. The van der Waals surface area contributed by atoms with Gasteiger partial charge in [-0.05, 0) is 32.4 Å². The molecule has 0 saturated carbocycles. The molecule has 108 valence electrons. The average Bonchev–Trinajstić information content (AvgIpc) is 3.06. The molecule has 2 aromatic rings. The Labute approximate surface area is 118 Å². The summed E-state index contributed by atoms with van der Waals surface area (Å²) in [6.07, 6.45) is 6.27. The van der Waals surface area contributed by atoms with E-state index >= 15 is 0 Å². The van der Waals surface area contributed by atoms with Gasteiger partial charge in [-0.1, -0.05) is 0 Å². The first-order valence-electron chi connectivity index (χ1n) is 6.71.